The molecule has 0 spiro atoms. The van der Waals surface area contributed by atoms with E-state index < -0.39 is 12.0 Å². The summed E-state index contributed by atoms with van der Waals surface area (Å²) in [6.45, 7) is 3.97. The molecule has 1 N–H and O–H groups in total. The first-order valence-electron chi connectivity index (χ1n) is 7.48. The zero-order valence-corrected chi connectivity index (χ0v) is 13.8. The van der Waals surface area contributed by atoms with Crippen molar-refractivity contribution in [2.75, 3.05) is 7.11 Å². The van der Waals surface area contributed by atoms with Crippen molar-refractivity contribution in [3.63, 3.8) is 0 Å². The van der Waals surface area contributed by atoms with Gasteiger partial charge in [-0.3, -0.25) is 9.48 Å². The highest BCUT2D eigenvalue weighted by molar-refractivity contribution is 5.99. The lowest BCUT2D eigenvalue weighted by Gasteiger charge is -2.18. The van der Waals surface area contributed by atoms with Gasteiger partial charge in [-0.2, -0.15) is 5.10 Å². The number of carbonyl (C=O) groups excluding carboxylic acids is 2. The van der Waals surface area contributed by atoms with E-state index in [1.165, 1.54) is 13.3 Å². The molecular weight excluding hydrogens is 296 g/mol. The van der Waals surface area contributed by atoms with E-state index in [0.717, 1.165) is 0 Å². The molecule has 1 unspecified atom stereocenters. The number of aromatic nitrogens is 3. The third-order valence-electron chi connectivity index (χ3n) is 3.50. The first kappa shape index (κ1) is 16.8. The van der Waals surface area contributed by atoms with Crippen molar-refractivity contribution in [3.8, 4) is 5.82 Å². The maximum absolute atomic E-state index is 12.6. The molecule has 2 aromatic heterocycles. The van der Waals surface area contributed by atoms with Crippen LogP contribution in [0.5, 0.6) is 0 Å². The number of rotatable bonds is 6. The third kappa shape index (κ3) is 3.80. The molecule has 0 aliphatic carbocycles. The summed E-state index contributed by atoms with van der Waals surface area (Å²) < 4.78 is 8.20. The first-order valence-corrected chi connectivity index (χ1v) is 7.48. The molecule has 124 valence electrons. The minimum absolute atomic E-state index is 0.247. The largest absolute Gasteiger partial charge is 0.467 e. The maximum atomic E-state index is 12.6. The molecule has 0 radical (unpaired) electrons. The number of carbonyl (C=O) groups is 2. The maximum Gasteiger partial charge on any atom is 0.328 e. The summed E-state index contributed by atoms with van der Waals surface area (Å²) in [5.74, 6) is 0.0918. The summed E-state index contributed by atoms with van der Waals surface area (Å²) in [6.07, 6.45) is 5.67. The van der Waals surface area contributed by atoms with Crippen LogP contribution in [-0.2, 0) is 16.6 Å². The fourth-order valence-electron chi connectivity index (χ4n) is 2.44. The van der Waals surface area contributed by atoms with Gasteiger partial charge in [0.25, 0.3) is 5.91 Å². The number of hydrogen-bond acceptors (Lipinski definition) is 4. The van der Waals surface area contributed by atoms with Gasteiger partial charge < -0.3 is 14.6 Å². The highest BCUT2D eigenvalue weighted by atomic mass is 16.5. The van der Waals surface area contributed by atoms with Crippen molar-refractivity contribution in [1.82, 2.24) is 19.7 Å². The number of amides is 1. The molecule has 1 atom stereocenters. The molecule has 0 fully saturated rings. The fraction of sp³-hybridized carbons (Fsp3) is 0.438. The first-order chi connectivity index (χ1) is 10.9. The Hall–Kier alpha value is -2.57. The molecule has 0 aliphatic rings. The molecule has 7 nitrogen and oxygen atoms in total. The second kappa shape index (κ2) is 7.13. The molecule has 0 saturated carbocycles. The van der Waals surface area contributed by atoms with Crippen molar-refractivity contribution < 1.29 is 14.3 Å². The summed E-state index contributed by atoms with van der Waals surface area (Å²) in [5, 5.41) is 6.90. The predicted octanol–water partition coefficient (Wildman–Crippen LogP) is 1.53. The van der Waals surface area contributed by atoms with Crippen LogP contribution in [0.2, 0.25) is 0 Å². The SMILES string of the molecule is COC(=O)C(CC(C)C)NC(=O)c1cnn(C)c1-n1cccc1. The van der Waals surface area contributed by atoms with E-state index >= 15 is 0 Å². The van der Waals surface area contributed by atoms with Crippen LogP contribution in [0, 0.1) is 5.92 Å². The van der Waals surface area contributed by atoms with E-state index in [-0.39, 0.29) is 11.8 Å². The Bertz CT molecular complexity index is 674. The van der Waals surface area contributed by atoms with Gasteiger partial charge in [0.1, 0.15) is 17.4 Å². The van der Waals surface area contributed by atoms with E-state index in [2.05, 4.69) is 10.4 Å². The minimum Gasteiger partial charge on any atom is -0.467 e. The molecule has 0 saturated heterocycles. The van der Waals surface area contributed by atoms with Gasteiger partial charge in [0.2, 0.25) is 0 Å². The Labute approximate surface area is 135 Å². The summed E-state index contributed by atoms with van der Waals surface area (Å²) >= 11 is 0. The van der Waals surface area contributed by atoms with Gasteiger partial charge in [-0.15, -0.1) is 0 Å². The lowest BCUT2D eigenvalue weighted by Crippen LogP contribution is -2.42. The van der Waals surface area contributed by atoms with Crippen molar-refractivity contribution >= 4 is 11.9 Å². The van der Waals surface area contributed by atoms with E-state index in [9.17, 15) is 9.59 Å². The Morgan fingerprint density at radius 3 is 2.52 bits per heavy atom. The monoisotopic (exact) mass is 318 g/mol. The molecule has 0 bridgehead atoms. The molecule has 0 aromatic carbocycles. The topological polar surface area (TPSA) is 78.2 Å². The van der Waals surface area contributed by atoms with Gasteiger partial charge in [0, 0.05) is 19.4 Å². The van der Waals surface area contributed by atoms with Gasteiger partial charge in [0.05, 0.1) is 13.3 Å². The number of methoxy groups -OCH3 is 1. The Morgan fingerprint density at radius 2 is 1.96 bits per heavy atom. The van der Waals surface area contributed by atoms with E-state index in [1.54, 1.807) is 16.3 Å². The van der Waals surface area contributed by atoms with Crippen molar-refractivity contribution in [3.05, 3.63) is 36.3 Å². The number of ether oxygens (including phenoxy) is 1. The van der Waals surface area contributed by atoms with Crippen molar-refractivity contribution in [1.29, 1.82) is 0 Å². The van der Waals surface area contributed by atoms with Crippen molar-refractivity contribution in [2.45, 2.75) is 26.3 Å². The average Bonchev–Trinajstić information content (AvgIpc) is 3.13. The lowest BCUT2D eigenvalue weighted by molar-refractivity contribution is -0.143. The summed E-state index contributed by atoms with van der Waals surface area (Å²) in [5.41, 5.74) is 0.404. The third-order valence-corrected chi connectivity index (χ3v) is 3.50. The lowest BCUT2D eigenvalue weighted by atomic mass is 10.0. The van der Waals surface area contributed by atoms with Crippen LogP contribution in [0.4, 0.5) is 0 Å². The molecule has 1 amide bonds. The second-order valence-corrected chi connectivity index (χ2v) is 5.77. The van der Waals surface area contributed by atoms with Gasteiger partial charge >= 0.3 is 5.97 Å². The minimum atomic E-state index is -0.676. The van der Waals surface area contributed by atoms with Crippen LogP contribution < -0.4 is 5.32 Å². The quantitative estimate of drug-likeness (QED) is 0.819. The van der Waals surface area contributed by atoms with E-state index in [4.69, 9.17) is 4.74 Å². The highest BCUT2D eigenvalue weighted by Gasteiger charge is 2.25. The molecule has 2 aromatic rings. The van der Waals surface area contributed by atoms with Gasteiger partial charge in [-0.1, -0.05) is 13.8 Å². The number of hydrogen-bond donors (Lipinski definition) is 1. The molecule has 0 aliphatic heterocycles. The number of nitrogens with zero attached hydrogens (tertiary/aromatic N) is 3. The van der Waals surface area contributed by atoms with Gasteiger partial charge in [-0.25, -0.2) is 4.79 Å². The van der Waals surface area contributed by atoms with Crippen LogP contribution in [0.15, 0.2) is 30.7 Å². The Balaban J connectivity index is 2.25. The van der Waals surface area contributed by atoms with Gasteiger partial charge in [-0.05, 0) is 24.5 Å². The summed E-state index contributed by atoms with van der Waals surface area (Å²) in [6, 6.07) is 3.06. The smallest absolute Gasteiger partial charge is 0.328 e. The average molecular weight is 318 g/mol. The zero-order valence-electron chi connectivity index (χ0n) is 13.8. The molecule has 2 rings (SSSR count). The zero-order chi connectivity index (χ0) is 17.0. The number of nitrogens with one attached hydrogen (secondary N) is 1. The summed E-state index contributed by atoms with van der Waals surface area (Å²) in [7, 11) is 3.08. The van der Waals surface area contributed by atoms with Gasteiger partial charge in [0.15, 0.2) is 0 Å². The number of aryl methyl sites for hydroxylation is 1. The molecule has 2 heterocycles. The Kier molecular flexibility index (Phi) is 5.20. The van der Waals surface area contributed by atoms with E-state index in [0.29, 0.717) is 17.8 Å². The Morgan fingerprint density at radius 1 is 1.30 bits per heavy atom. The fourth-order valence-corrected chi connectivity index (χ4v) is 2.44. The molecule has 23 heavy (non-hydrogen) atoms. The highest BCUT2D eigenvalue weighted by Crippen LogP contribution is 2.15. The van der Waals surface area contributed by atoms with Crippen LogP contribution in [0.25, 0.3) is 5.82 Å². The van der Waals surface area contributed by atoms with Crippen LogP contribution in [0.3, 0.4) is 0 Å². The molecule has 7 heteroatoms. The summed E-state index contributed by atoms with van der Waals surface area (Å²) in [4.78, 5) is 24.5. The second-order valence-electron chi connectivity index (χ2n) is 5.77. The molecular formula is C16H22N4O3. The van der Waals surface area contributed by atoms with Crippen LogP contribution in [-0.4, -0.2) is 39.4 Å². The normalized spacial score (nSPS) is 12.2. The van der Waals surface area contributed by atoms with E-state index in [1.807, 2.05) is 38.4 Å². The van der Waals surface area contributed by atoms with Crippen LogP contribution in [0.1, 0.15) is 30.6 Å². The standard InChI is InChI=1S/C16H22N4O3/c1-11(2)9-13(16(22)23-4)18-14(21)12-10-17-19(3)15(12)20-7-5-6-8-20/h5-8,10-11,13H,9H2,1-4H3,(H,18,21). The van der Waals surface area contributed by atoms with Crippen LogP contribution >= 0.6 is 0 Å². The number of esters is 1. The van der Waals surface area contributed by atoms with Crippen molar-refractivity contribution in [2.24, 2.45) is 13.0 Å². The predicted molar refractivity (Wildman–Crippen MR) is 85.3 cm³/mol.